The SMILES string of the molecule is C[C@@H]1NC(=O)[C@@H]2CCCN2C(=O)CCCN(C(=O)c2nc(-c3ccccc3)cs2)CCn2nc(-c3ccccc3)nc21. The van der Waals surface area contributed by atoms with Crippen LogP contribution < -0.4 is 5.32 Å². The summed E-state index contributed by atoms with van der Waals surface area (Å²) in [5.41, 5.74) is 2.58. The minimum Gasteiger partial charge on any atom is -0.345 e. The molecule has 0 aliphatic carbocycles. The van der Waals surface area contributed by atoms with Crippen LogP contribution in [-0.2, 0) is 16.1 Å². The van der Waals surface area contributed by atoms with Crippen LogP contribution in [0.4, 0.5) is 0 Å². The van der Waals surface area contributed by atoms with Gasteiger partial charge in [-0.2, -0.15) is 5.10 Å². The van der Waals surface area contributed by atoms with E-state index in [1.807, 2.05) is 73.0 Å². The van der Waals surface area contributed by atoms with E-state index < -0.39 is 12.1 Å². The fourth-order valence-corrected chi connectivity index (χ4v) is 6.40. The van der Waals surface area contributed by atoms with E-state index in [9.17, 15) is 14.4 Å². The number of hydrogen-bond acceptors (Lipinski definition) is 7. The standard InChI is InChI=1S/C31H33N7O3S/c1-21-28-34-27(23-12-6-3-7-13-23)35-38(28)19-18-36(16-9-15-26(39)37-17-8-14-25(37)29(40)32-21)31(41)30-33-24(20-42-30)22-10-4-2-5-11-22/h2-7,10-13,20-21,25H,8-9,14-19H2,1H3,(H,32,40)/t21-,25-/m0/s1. The molecule has 2 aliphatic heterocycles. The van der Waals surface area contributed by atoms with Crippen LogP contribution in [0.3, 0.4) is 0 Å². The highest BCUT2D eigenvalue weighted by atomic mass is 32.1. The first-order valence-electron chi connectivity index (χ1n) is 14.4. The van der Waals surface area contributed by atoms with Gasteiger partial charge in [-0.25, -0.2) is 14.6 Å². The molecule has 2 aromatic carbocycles. The van der Waals surface area contributed by atoms with Crippen molar-refractivity contribution in [1.82, 2.24) is 34.9 Å². The van der Waals surface area contributed by atoms with E-state index in [1.54, 1.807) is 14.5 Å². The summed E-state index contributed by atoms with van der Waals surface area (Å²) in [6.07, 6.45) is 2.17. The Morgan fingerprint density at radius 2 is 1.64 bits per heavy atom. The van der Waals surface area contributed by atoms with E-state index in [1.165, 1.54) is 11.3 Å². The molecule has 216 valence electrons. The summed E-state index contributed by atoms with van der Waals surface area (Å²) in [5.74, 6) is 0.755. The van der Waals surface area contributed by atoms with Gasteiger partial charge in [0.1, 0.15) is 11.9 Å². The zero-order chi connectivity index (χ0) is 29.1. The molecule has 0 spiro atoms. The highest BCUT2D eigenvalue weighted by Gasteiger charge is 2.35. The number of amides is 3. The molecule has 6 rings (SSSR count). The van der Waals surface area contributed by atoms with Crippen molar-refractivity contribution in [1.29, 1.82) is 0 Å². The van der Waals surface area contributed by atoms with Gasteiger partial charge in [0.25, 0.3) is 5.91 Å². The van der Waals surface area contributed by atoms with Gasteiger partial charge in [-0.05, 0) is 26.2 Å². The number of benzene rings is 2. The van der Waals surface area contributed by atoms with Gasteiger partial charge in [-0.1, -0.05) is 60.7 Å². The molecule has 2 atom stereocenters. The summed E-state index contributed by atoms with van der Waals surface area (Å²) in [4.78, 5) is 53.1. The molecule has 1 fully saturated rings. The van der Waals surface area contributed by atoms with Crippen LogP contribution >= 0.6 is 11.3 Å². The van der Waals surface area contributed by atoms with Crippen LogP contribution in [0.2, 0.25) is 0 Å². The topological polar surface area (TPSA) is 113 Å². The maximum absolute atomic E-state index is 13.8. The Labute approximate surface area is 248 Å². The number of thiazole rings is 1. The molecular formula is C31H33N7O3S. The fraction of sp³-hybridized carbons (Fsp3) is 0.355. The quantitative estimate of drug-likeness (QED) is 0.387. The van der Waals surface area contributed by atoms with Crippen molar-refractivity contribution in [3.63, 3.8) is 0 Å². The van der Waals surface area contributed by atoms with Gasteiger partial charge < -0.3 is 15.1 Å². The lowest BCUT2D eigenvalue weighted by Crippen LogP contribution is -2.47. The Morgan fingerprint density at radius 1 is 0.905 bits per heavy atom. The van der Waals surface area contributed by atoms with Gasteiger partial charge in [-0.3, -0.25) is 14.4 Å². The Kier molecular flexibility index (Phi) is 8.09. The number of carbonyl (C=O) groups is 3. The van der Waals surface area contributed by atoms with Crippen molar-refractivity contribution >= 4 is 29.1 Å². The third kappa shape index (κ3) is 5.82. The summed E-state index contributed by atoms with van der Waals surface area (Å²) >= 11 is 1.32. The van der Waals surface area contributed by atoms with E-state index in [4.69, 9.17) is 10.1 Å². The van der Waals surface area contributed by atoms with Crippen LogP contribution in [0.15, 0.2) is 66.0 Å². The lowest BCUT2D eigenvalue weighted by Gasteiger charge is -2.27. The highest BCUT2D eigenvalue weighted by Crippen LogP contribution is 2.25. The maximum atomic E-state index is 13.8. The van der Waals surface area contributed by atoms with Gasteiger partial charge in [-0.15, -0.1) is 11.3 Å². The summed E-state index contributed by atoms with van der Waals surface area (Å²) in [5, 5.41) is 10.2. The second-order valence-electron chi connectivity index (χ2n) is 10.7. The van der Waals surface area contributed by atoms with Crippen LogP contribution in [0.25, 0.3) is 22.6 Å². The van der Waals surface area contributed by atoms with Gasteiger partial charge >= 0.3 is 0 Å². The monoisotopic (exact) mass is 583 g/mol. The molecule has 1 saturated heterocycles. The first kappa shape index (κ1) is 27.8. The third-order valence-electron chi connectivity index (χ3n) is 7.80. The number of aromatic nitrogens is 4. The average molecular weight is 584 g/mol. The summed E-state index contributed by atoms with van der Waals surface area (Å²) in [6, 6.07) is 18.5. The van der Waals surface area contributed by atoms with E-state index in [0.29, 0.717) is 55.7 Å². The van der Waals surface area contributed by atoms with Crippen molar-refractivity contribution in [2.24, 2.45) is 0 Å². The summed E-state index contributed by atoms with van der Waals surface area (Å²) in [6.45, 7) is 3.56. The molecule has 2 aliphatic rings. The fourth-order valence-electron chi connectivity index (χ4n) is 5.60. The second-order valence-corrected chi connectivity index (χ2v) is 11.5. The van der Waals surface area contributed by atoms with Gasteiger partial charge in [0.15, 0.2) is 10.8 Å². The molecule has 4 heterocycles. The molecule has 42 heavy (non-hydrogen) atoms. The predicted molar refractivity (Wildman–Crippen MR) is 159 cm³/mol. The van der Waals surface area contributed by atoms with Crippen molar-refractivity contribution in [2.75, 3.05) is 19.6 Å². The predicted octanol–water partition coefficient (Wildman–Crippen LogP) is 4.17. The number of hydrogen-bond donors (Lipinski definition) is 1. The number of fused-ring (bicyclic) bond motifs is 2. The molecular weight excluding hydrogens is 550 g/mol. The molecule has 1 N–H and O–H groups in total. The molecule has 0 bridgehead atoms. The van der Waals surface area contributed by atoms with E-state index in [-0.39, 0.29) is 24.1 Å². The Morgan fingerprint density at radius 3 is 2.40 bits per heavy atom. The molecule has 11 heteroatoms. The van der Waals surface area contributed by atoms with E-state index in [0.717, 1.165) is 23.2 Å². The molecule has 0 unspecified atom stereocenters. The zero-order valence-electron chi connectivity index (χ0n) is 23.5. The lowest BCUT2D eigenvalue weighted by molar-refractivity contribution is -0.138. The van der Waals surface area contributed by atoms with Crippen molar-refractivity contribution in [2.45, 2.75) is 51.2 Å². The summed E-state index contributed by atoms with van der Waals surface area (Å²) < 4.78 is 1.79. The lowest BCUT2D eigenvalue weighted by atomic mass is 10.1. The van der Waals surface area contributed by atoms with Crippen LogP contribution in [0, 0.1) is 0 Å². The van der Waals surface area contributed by atoms with E-state index >= 15 is 0 Å². The molecule has 10 nitrogen and oxygen atoms in total. The Balaban J connectivity index is 1.31. The zero-order valence-corrected chi connectivity index (χ0v) is 24.3. The van der Waals surface area contributed by atoms with Crippen molar-refractivity contribution in [3.8, 4) is 22.6 Å². The first-order chi connectivity index (χ1) is 20.5. The van der Waals surface area contributed by atoms with Gasteiger partial charge in [0.05, 0.1) is 18.3 Å². The smallest absolute Gasteiger partial charge is 0.282 e. The van der Waals surface area contributed by atoms with Crippen molar-refractivity contribution < 1.29 is 14.4 Å². The van der Waals surface area contributed by atoms with Gasteiger partial charge in [0, 0.05) is 42.6 Å². The van der Waals surface area contributed by atoms with Crippen LogP contribution in [0.5, 0.6) is 0 Å². The maximum Gasteiger partial charge on any atom is 0.282 e. The second kappa shape index (κ2) is 12.2. The molecule has 4 aromatic rings. The number of nitrogens with one attached hydrogen (secondary N) is 1. The van der Waals surface area contributed by atoms with E-state index in [2.05, 4.69) is 10.3 Å². The number of carbonyl (C=O) groups excluding carboxylic acids is 3. The average Bonchev–Trinajstić information content (AvgIpc) is 3.79. The van der Waals surface area contributed by atoms with Crippen LogP contribution in [-0.4, -0.2) is 72.9 Å². The van der Waals surface area contributed by atoms with Crippen LogP contribution in [0.1, 0.15) is 54.3 Å². The molecule has 2 aromatic heterocycles. The highest BCUT2D eigenvalue weighted by molar-refractivity contribution is 7.12. The number of nitrogens with zero attached hydrogens (tertiary/aromatic N) is 6. The van der Waals surface area contributed by atoms with Gasteiger partial charge in [0.2, 0.25) is 11.8 Å². The molecule has 0 saturated carbocycles. The molecule has 3 amide bonds. The normalized spacial score (nSPS) is 20.0. The largest absolute Gasteiger partial charge is 0.345 e. The Bertz CT molecular complexity index is 1570. The summed E-state index contributed by atoms with van der Waals surface area (Å²) in [7, 11) is 0. The van der Waals surface area contributed by atoms with Crippen molar-refractivity contribution in [3.05, 3.63) is 76.9 Å². The minimum atomic E-state index is -0.502. The third-order valence-corrected chi connectivity index (χ3v) is 8.63. The molecule has 0 radical (unpaired) electrons. The first-order valence-corrected chi connectivity index (χ1v) is 15.3. The number of rotatable bonds is 3. The Hall–Kier alpha value is -4.38. The minimum absolute atomic E-state index is 0.0556.